The molecule has 0 atom stereocenters. The van der Waals surface area contributed by atoms with Crippen LogP contribution in [0.5, 0.6) is 5.75 Å². The number of halogens is 1. The van der Waals surface area contributed by atoms with Crippen molar-refractivity contribution >= 4 is 29.4 Å². The van der Waals surface area contributed by atoms with Crippen molar-refractivity contribution in [3.63, 3.8) is 0 Å². The molecule has 0 spiro atoms. The van der Waals surface area contributed by atoms with Crippen molar-refractivity contribution < 1.29 is 9.53 Å². The minimum Gasteiger partial charge on any atom is -0.497 e. The van der Waals surface area contributed by atoms with Crippen molar-refractivity contribution in [3.8, 4) is 5.75 Å². The van der Waals surface area contributed by atoms with Crippen LogP contribution in [-0.4, -0.2) is 13.1 Å². The molecule has 0 radical (unpaired) electrons. The third kappa shape index (κ3) is 4.54. The molecule has 0 aliphatic carbocycles. The molecule has 2 amide bonds. The van der Waals surface area contributed by atoms with Gasteiger partial charge in [-0.2, -0.15) is 0 Å². The Hall–Kier alpha value is -2.46. The zero-order valence-corrected chi connectivity index (χ0v) is 12.2. The van der Waals surface area contributed by atoms with Gasteiger partial charge in [-0.25, -0.2) is 4.79 Å². The summed E-state index contributed by atoms with van der Waals surface area (Å²) < 4.78 is 5.13. The number of anilines is 1. The Labute approximate surface area is 128 Å². The molecule has 0 saturated carbocycles. The predicted octanol–water partition coefficient (Wildman–Crippen LogP) is 4.14. The molecule has 0 aromatic heterocycles. The lowest BCUT2D eigenvalue weighted by molar-refractivity contribution is 0.255. The molecule has 0 aliphatic rings. The number of hydrogen-bond donors (Lipinski definition) is 2. The van der Waals surface area contributed by atoms with Crippen LogP contribution in [0.2, 0.25) is 5.02 Å². The van der Waals surface area contributed by atoms with Gasteiger partial charge in [-0.05, 0) is 35.9 Å². The first-order chi connectivity index (χ1) is 10.2. The highest BCUT2D eigenvalue weighted by Crippen LogP contribution is 2.20. The Morgan fingerprint density at radius 3 is 2.76 bits per heavy atom. The highest BCUT2D eigenvalue weighted by Gasteiger charge is 2.02. The quantitative estimate of drug-likeness (QED) is 0.891. The van der Waals surface area contributed by atoms with Crippen molar-refractivity contribution in [2.45, 2.75) is 0 Å². The zero-order chi connectivity index (χ0) is 15.1. The van der Waals surface area contributed by atoms with E-state index in [4.69, 9.17) is 16.3 Å². The lowest BCUT2D eigenvalue weighted by Gasteiger charge is -2.06. The van der Waals surface area contributed by atoms with E-state index in [1.165, 1.54) is 0 Å². The van der Waals surface area contributed by atoms with E-state index >= 15 is 0 Å². The Bertz CT molecular complexity index is 656. The fraction of sp³-hybridized carbons (Fsp3) is 0.0625. The third-order valence-corrected chi connectivity index (χ3v) is 3.04. The average molecular weight is 303 g/mol. The number of carbonyl (C=O) groups is 1. The third-order valence-electron chi connectivity index (χ3n) is 2.71. The monoisotopic (exact) mass is 302 g/mol. The summed E-state index contributed by atoms with van der Waals surface area (Å²) in [5.41, 5.74) is 1.49. The number of hydrogen-bond acceptors (Lipinski definition) is 2. The predicted molar refractivity (Wildman–Crippen MR) is 85.6 cm³/mol. The van der Waals surface area contributed by atoms with Crippen LogP contribution >= 0.6 is 11.6 Å². The fourth-order valence-corrected chi connectivity index (χ4v) is 1.86. The van der Waals surface area contributed by atoms with E-state index in [1.54, 1.807) is 43.7 Å². The van der Waals surface area contributed by atoms with Crippen LogP contribution in [-0.2, 0) is 0 Å². The number of amides is 2. The summed E-state index contributed by atoms with van der Waals surface area (Å²) in [6.45, 7) is 0. The van der Waals surface area contributed by atoms with E-state index in [2.05, 4.69) is 10.6 Å². The molecule has 21 heavy (non-hydrogen) atoms. The molecule has 0 heterocycles. The summed E-state index contributed by atoms with van der Waals surface area (Å²) >= 11 is 5.96. The van der Waals surface area contributed by atoms with Gasteiger partial charge in [0.2, 0.25) is 0 Å². The number of para-hydroxylation sites is 1. The van der Waals surface area contributed by atoms with E-state index in [9.17, 15) is 4.79 Å². The second kappa shape index (κ2) is 7.36. The smallest absolute Gasteiger partial charge is 0.323 e. The van der Waals surface area contributed by atoms with E-state index in [0.717, 1.165) is 11.3 Å². The van der Waals surface area contributed by atoms with Crippen LogP contribution in [0.1, 0.15) is 5.56 Å². The molecular formula is C16H15ClN2O2. The summed E-state index contributed by atoms with van der Waals surface area (Å²) in [7, 11) is 1.61. The molecule has 0 aliphatic heterocycles. The van der Waals surface area contributed by atoms with Crippen molar-refractivity contribution in [1.29, 1.82) is 0 Å². The maximum Gasteiger partial charge on any atom is 0.323 e. The van der Waals surface area contributed by atoms with Gasteiger partial charge in [0.1, 0.15) is 5.75 Å². The topological polar surface area (TPSA) is 50.4 Å². The fourth-order valence-electron chi connectivity index (χ4n) is 1.68. The van der Waals surface area contributed by atoms with Gasteiger partial charge in [-0.3, -0.25) is 0 Å². The maximum atomic E-state index is 11.7. The standard InChI is InChI=1S/C16H15ClN2O2/c1-21-13-6-4-5-12(11-13)9-10-18-16(20)19-15-8-3-2-7-14(15)17/h2-11H,1H3,(H2,18,19,20)/b10-9+. The molecule has 0 fully saturated rings. The first-order valence-electron chi connectivity index (χ1n) is 6.31. The van der Waals surface area contributed by atoms with Crippen LogP contribution < -0.4 is 15.4 Å². The molecule has 2 N–H and O–H groups in total. The number of benzene rings is 2. The zero-order valence-electron chi connectivity index (χ0n) is 11.5. The molecule has 2 aromatic carbocycles. The molecule has 0 saturated heterocycles. The van der Waals surface area contributed by atoms with Crippen LogP contribution in [0.15, 0.2) is 54.7 Å². The minimum atomic E-state index is -0.359. The van der Waals surface area contributed by atoms with Gasteiger partial charge >= 0.3 is 6.03 Å². The highest BCUT2D eigenvalue weighted by molar-refractivity contribution is 6.33. The van der Waals surface area contributed by atoms with Crippen LogP contribution in [0.25, 0.3) is 6.08 Å². The van der Waals surface area contributed by atoms with Crippen molar-refractivity contribution in [2.24, 2.45) is 0 Å². The second-order valence-electron chi connectivity index (χ2n) is 4.19. The summed E-state index contributed by atoms with van der Waals surface area (Å²) in [6, 6.07) is 14.2. The van der Waals surface area contributed by atoms with Gasteiger partial charge in [0, 0.05) is 6.20 Å². The molecule has 0 bridgehead atoms. The van der Waals surface area contributed by atoms with Gasteiger partial charge in [-0.15, -0.1) is 0 Å². The number of nitrogens with one attached hydrogen (secondary N) is 2. The molecular weight excluding hydrogens is 288 g/mol. The van der Waals surface area contributed by atoms with E-state index < -0.39 is 0 Å². The SMILES string of the molecule is COc1cccc(/C=C/NC(=O)Nc2ccccc2Cl)c1. The van der Waals surface area contributed by atoms with E-state index in [-0.39, 0.29) is 6.03 Å². The van der Waals surface area contributed by atoms with Gasteiger partial charge in [0.15, 0.2) is 0 Å². The van der Waals surface area contributed by atoms with E-state index in [0.29, 0.717) is 10.7 Å². The summed E-state index contributed by atoms with van der Waals surface area (Å²) in [4.78, 5) is 11.7. The number of carbonyl (C=O) groups excluding carboxylic acids is 1. The molecule has 0 unspecified atom stereocenters. The molecule has 2 rings (SSSR count). The number of ether oxygens (including phenoxy) is 1. The van der Waals surface area contributed by atoms with Gasteiger partial charge in [0.05, 0.1) is 17.8 Å². The van der Waals surface area contributed by atoms with Crippen LogP contribution in [0.3, 0.4) is 0 Å². The average Bonchev–Trinajstić information content (AvgIpc) is 2.50. The first kappa shape index (κ1) is 14.9. The van der Waals surface area contributed by atoms with Crippen molar-refractivity contribution in [1.82, 2.24) is 5.32 Å². The Morgan fingerprint density at radius 2 is 2.00 bits per heavy atom. The Balaban J connectivity index is 1.91. The normalized spacial score (nSPS) is 10.4. The van der Waals surface area contributed by atoms with Gasteiger partial charge in [0.25, 0.3) is 0 Å². The molecule has 108 valence electrons. The number of rotatable bonds is 4. The maximum absolute atomic E-state index is 11.7. The van der Waals surface area contributed by atoms with E-state index in [1.807, 2.05) is 24.3 Å². The Kier molecular flexibility index (Phi) is 5.23. The molecule has 5 heteroatoms. The first-order valence-corrected chi connectivity index (χ1v) is 6.69. The number of methoxy groups -OCH3 is 1. The summed E-state index contributed by atoms with van der Waals surface area (Å²) in [5.74, 6) is 0.762. The van der Waals surface area contributed by atoms with Crippen molar-refractivity contribution in [2.75, 3.05) is 12.4 Å². The summed E-state index contributed by atoms with van der Waals surface area (Å²) in [5, 5.41) is 5.77. The van der Waals surface area contributed by atoms with Crippen LogP contribution in [0.4, 0.5) is 10.5 Å². The van der Waals surface area contributed by atoms with Gasteiger partial charge in [-0.1, -0.05) is 35.9 Å². The Morgan fingerprint density at radius 1 is 1.19 bits per heavy atom. The molecule has 4 nitrogen and oxygen atoms in total. The largest absolute Gasteiger partial charge is 0.497 e. The second-order valence-corrected chi connectivity index (χ2v) is 4.60. The lowest BCUT2D eigenvalue weighted by Crippen LogP contribution is -2.23. The van der Waals surface area contributed by atoms with Crippen LogP contribution in [0, 0.1) is 0 Å². The molecule has 2 aromatic rings. The lowest BCUT2D eigenvalue weighted by atomic mass is 10.2. The van der Waals surface area contributed by atoms with Crippen molar-refractivity contribution in [3.05, 3.63) is 65.3 Å². The minimum absolute atomic E-state index is 0.359. The summed E-state index contributed by atoms with van der Waals surface area (Å²) in [6.07, 6.45) is 3.33. The number of urea groups is 1. The highest BCUT2D eigenvalue weighted by atomic mass is 35.5. The van der Waals surface area contributed by atoms with Gasteiger partial charge < -0.3 is 15.4 Å².